The van der Waals surface area contributed by atoms with Crippen molar-refractivity contribution in [1.82, 2.24) is 9.78 Å². The number of esters is 1. The Balaban J connectivity index is 1.86. The summed E-state index contributed by atoms with van der Waals surface area (Å²) in [6.45, 7) is -0.0898. The SMILES string of the molecule is O=C(Cn1cc2ccccc2n1)OCCC=C(F)F. The van der Waals surface area contributed by atoms with Crippen LogP contribution in [0.2, 0.25) is 0 Å². The van der Waals surface area contributed by atoms with E-state index >= 15 is 0 Å². The van der Waals surface area contributed by atoms with Crippen LogP contribution in [0.5, 0.6) is 0 Å². The van der Waals surface area contributed by atoms with Crippen LogP contribution in [-0.2, 0) is 16.1 Å². The molecule has 0 bridgehead atoms. The number of carbonyl (C=O) groups excluding carboxylic acids is 1. The molecule has 6 heteroatoms. The predicted molar refractivity (Wildman–Crippen MR) is 65.6 cm³/mol. The zero-order chi connectivity index (χ0) is 13.7. The molecule has 100 valence electrons. The molecule has 1 heterocycles. The first-order valence-corrected chi connectivity index (χ1v) is 5.74. The Labute approximate surface area is 108 Å². The van der Waals surface area contributed by atoms with Crippen molar-refractivity contribution >= 4 is 16.9 Å². The van der Waals surface area contributed by atoms with Gasteiger partial charge in [-0.1, -0.05) is 18.2 Å². The summed E-state index contributed by atoms with van der Waals surface area (Å²) >= 11 is 0. The average molecular weight is 266 g/mol. The van der Waals surface area contributed by atoms with Crippen molar-refractivity contribution < 1.29 is 18.3 Å². The Kier molecular flexibility index (Phi) is 4.22. The highest BCUT2D eigenvalue weighted by Crippen LogP contribution is 2.10. The highest BCUT2D eigenvalue weighted by molar-refractivity contribution is 5.78. The summed E-state index contributed by atoms with van der Waals surface area (Å²) in [5, 5.41) is 5.12. The third kappa shape index (κ3) is 3.87. The lowest BCUT2D eigenvalue weighted by atomic mass is 10.3. The smallest absolute Gasteiger partial charge is 0.327 e. The molecule has 0 N–H and O–H groups in total. The third-order valence-corrected chi connectivity index (χ3v) is 2.43. The topological polar surface area (TPSA) is 44.1 Å². The molecule has 4 nitrogen and oxygen atoms in total. The van der Waals surface area contributed by atoms with E-state index in [-0.39, 0.29) is 19.6 Å². The maximum atomic E-state index is 11.7. The second kappa shape index (κ2) is 6.08. The molecule has 2 aromatic rings. The van der Waals surface area contributed by atoms with Gasteiger partial charge in [-0.3, -0.25) is 9.48 Å². The van der Waals surface area contributed by atoms with Crippen LogP contribution in [0.4, 0.5) is 8.78 Å². The van der Waals surface area contributed by atoms with Crippen LogP contribution in [0, 0.1) is 0 Å². The number of aromatic nitrogens is 2. The number of ether oxygens (including phenoxy) is 1. The van der Waals surface area contributed by atoms with E-state index in [0.717, 1.165) is 17.0 Å². The minimum Gasteiger partial charge on any atom is -0.464 e. The quantitative estimate of drug-likeness (QED) is 0.617. The van der Waals surface area contributed by atoms with Crippen LogP contribution >= 0.6 is 0 Å². The molecule has 1 aromatic carbocycles. The van der Waals surface area contributed by atoms with Gasteiger partial charge in [-0.25, -0.2) is 0 Å². The molecule has 0 spiro atoms. The van der Waals surface area contributed by atoms with E-state index in [1.807, 2.05) is 24.3 Å². The monoisotopic (exact) mass is 266 g/mol. The fraction of sp³-hybridized carbons (Fsp3) is 0.231. The van der Waals surface area contributed by atoms with E-state index in [4.69, 9.17) is 4.74 Å². The number of hydrogen-bond donors (Lipinski definition) is 0. The Morgan fingerprint density at radius 2 is 2.16 bits per heavy atom. The summed E-state index contributed by atoms with van der Waals surface area (Å²) in [7, 11) is 0. The summed E-state index contributed by atoms with van der Waals surface area (Å²) in [4.78, 5) is 11.4. The van der Waals surface area contributed by atoms with Crippen LogP contribution in [0.1, 0.15) is 6.42 Å². The summed E-state index contributed by atoms with van der Waals surface area (Å²) in [5.41, 5.74) is 0.790. The molecule has 0 unspecified atom stereocenters. The van der Waals surface area contributed by atoms with E-state index in [1.54, 1.807) is 6.20 Å². The maximum Gasteiger partial charge on any atom is 0.327 e. The largest absolute Gasteiger partial charge is 0.464 e. The van der Waals surface area contributed by atoms with E-state index in [0.29, 0.717) is 0 Å². The number of halogens is 2. The van der Waals surface area contributed by atoms with Gasteiger partial charge in [0.15, 0.2) is 0 Å². The number of fused-ring (bicyclic) bond motifs is 1. The standard InChI is InChI=1S/C13H12F2N2O2/c14-12(15)6-3-7-19-13(18)9-17-8-10-4-1-2-5-11(10)16-17/h1-2,4-6,8H,3,7,9H2. The van der Waals surface area contributed by atoms with Crippen molar-refractivity contribution in [2.75, 3.05) is 6.61 Å². The summed E-state index contributed by atoms with van der Waals surface area (Å²) in [6, 6.07) is 7.46. The number of carbonyl (C=O) groups is 1. The second-order valence-corrected chi connectivity index (χ2v) is 3.89. The summed E-state index contributed by atoms with van der Waals surface area (Å²) < 4.78 is 29.7. The molecule has 0 aliphatic heterocycles. The zero-order valence-electron chi connectivity index (χ0n) is 10.1. The molecule has 0 aliphatic carbocycles. The van der Waals surface area contributed by atoms with Gasteiger partial charge >= 0.3 is 5.97 Å². The molecular weight excluding hydrogens is 254 g/mol. The summed E-state index contributed by atoms with van der Waals surface area (Å²) in [6.07, 6.45) is 0.692. The van der Waals surface area contributed by atoms with Crippen LogP contribution in [0.3, 0.4) is 0 Å². The molecule has 19 heavy (non-hydrogen) atoms. The number of benzene rings is 1. The number of nitrogens with zero attached hydrogens (tertiary/aromatic N) is 2. The zero-order valence-corrected chi connectivity index (χ0v) is 10.1. The molecule has 0 aliphatic rings. The van der Waals surface area contributed by atoms with Crippen molar-refractivity contribution in [1.29, 1.82) is 0 Å². The molecular formula is C13H12F2N2O2. The molecule has 2 rings (SSSR count). The van der Waals surface area contributed by atoms with Crippen molar-refractivity contribution in [3.8, 4) is 0 Å². The lowest BCUT2D eigenvalue weighted by Crippen LogP contribution is -2.14. The number of hydrogen-bond acceptors (Lipinski definition) is 3. The Morgan fingerprint density at radius 3 is 2.89 bits per heavy atom. The Hall–Kier alpha value is -2.24. The van der Waals surface area contributed by atoms with Gasteiger partial charge in [0.05, 0.1) is 12.1 Å². The van der Waals surface area contributed by atoms with Crippen molar-refractivity contribution in [3.63, 3.8) is 0 Å². The van der Waals surface area contributed by atoms with Gasteiger partial charge in [0.2, 0.25) is 0 Å². The molecule has 0 saturated carbocycles. The van der Waals surface area contributed by atoms with E-state index in [1.165, 1.54) is 4.68 Å². The minimum absolute atomic E-state index is 0.00908. The molecule has 0 fully saturated rings. The van der Waals surface area contributed by atoms with Crippen molar-refractivity contribution in [2.24, 2.45) is 0 Å². The highest BCUT2D eigenvalue weighted by Gasteiger charge is 2.06. The van der Waals surface area contributed by atoms with Gasteiger partial charge in [-0.2, -0.15) is 13.9 Å². The molecule has 1 aromatic heterocycles. The first-order valence-electron chi connectivity index (χ1n) is 5.74. The van der Waals surface area contributed by atoms with Crippen molar-refractivity contribution in [2.45, 2.75) is 13.0 Å². The van der Waals surface area contributed by atoms with E-state index in [2.05, 4.69) is 5.10 Å². The first-order chi connectivity index (χ1) is 9.15. The fourth-order valence-electron chi connectivity index (χ4n) is 1.62. The molecule has 0 amide bonds. The minimum atomic E-state index is -1.77. The molecule has 0 radical (unpaired) electrons. The fourth-order valence-corrected chi connectivity index (χ4v) is 1.62. The Bertz CT molecular complexity index is 570. The second-order valence-electron chi connectivity index (χ2n) is 3.89. The first kappa shape index (κ1) is 13.2. The van der Waals surface area contributed by atoms with E-state index < -0.39 is 12.0 Å². The van der Waals surface area contributed by atoms with Gasteiger partial charge in [0.25, 0.3) is 6.08 Å². The van der Waals surface area contributed by atoms with E-state index in [9.17, 15) is 13.6 Å². The molecule has 0 saturated heterocycles. The van der Waals surface area contributed by atoms with Gasteiger partial charge in [0, 0.05) is 18.0 Å². The Morgan fingerprint density at radius 1 is 1.37 bits per heavy atom. The van der Waals surface area contributed by atoms with Crippen LogP contribution in [-0.4, -0.2) is 22.4 Å². The van der Waals surface area contributed by atoms with Gasteiger partial charge < -0.3 is 4.74 Å². The lowest BCUT2D eigenvalue weighted by molar-refractivity contribution is -0.144. The predicted octanol–water partition coefficient (Wildman–Crippen LogP) is 2.75. The van der Waals surface area contributed by atoms with Gasteiger partial charge in [-0.15, -0.1) is 0 Å². The molecule has 0 atom stereocenters. The summed E-state index contributed by atoms with van der Waals surface area (Å²) in [5.74, 6) is -0.500. The normalized spacial score (nSPS) is 10.4. The maximum absolute atomic E-state index is 11.7. The lowest BCUT2D eigenvalue weighted by Gasteiger charge is -2.02. The van der Waals surface area contributed by atoms with Crippen LogP contribution in [0.25, 0.3) is 10.9 Å². The average Bonchev–Trinajstić information content (AvgIpc) is 2.76. The van der Waals surface area contributed by atoms with Gasteiger partial charge in [-0.05, 0) is 12.1 Å². The van der Waals surface area contributed by atoms with Crippen LogP contribution in [0.15, 0.2) is 42.6 Å². The highest BCUT2D eigenvalue weighted by atomic mass is 19.3. The third-order valence-electron chi connectivity index (χ3n) is 2.43. The number of rotatable bonds is 5. The van der Waals surface area contributed by atoms with Gasteiger partial charge in [0.1, 0.15) is 6.54 Å². The van der Waals surface area contributed by atoms with Crippen LogP contribution < -0.4 is 0 Å². The van der Waals surface area contributed by atoms with Crippen molar-refractivity contribution in [3.05, 3.63) is 42.6 Å².